The minimum atomic E-state index is 0.00422. The highest BCUT2D eigenvalue weighted by Crippen LogP contribution is 2.18. The first-order valence-electron chi connectivity index (χ1n) is 8.63. The molecule has 1 aliphatic carbocycles. The van der Waals surface area contributed by atoms with Crippen molar-refractivity contribution in [1.82, 2.24) is 20.5 Å². The average Bonchev–Trinajstić information content (AvgIpc) is 2.88. The molecule has 134 valence electrons. The van der Waals surface area contributed by atoms with Gasteiger partial charge in [-0.25, -0.2) is 9.98 Å². The van der Waals surface area contributed by atoms with Crippen LogP contribution < -0.4 is 10.6 Å². The summed E-state index contributed by atoms with van der Waals surface area (Å²) >= 11 is 1.70. The first-order chi connectivity index (χ1) is 11.5. The van der Waals surface area contributed by atoms with Gasteiger partial charge in [-0.3, -0.25) is 4.79 Å². The third-order valence-corrected chi connectivity index (χ3v) is 5.31. The van der Waals surface area contributed by atoms with Crippen molar-refractivity contribution in [2.45, 2.75) is 58.5 Å². The molecule has 1 aliphatic rings. The molecule has 0 aromatic carbocycles. The lowest BCUT2D eigenvalue weighted by atomic mass is 9.96. The van der Waals surface area contributed by atoms with Gasteiger partial charge in [0.2, 0.25) is 5.91 Å². The number of amides is 1. The van der Waals surface area contributed by atoms with Gasteiger partial charge in [0.1, 0.15) is 6.54 Å². The van der Waals surface area contributed by atoms with E-state index in [2.05, 4.69) is 20.6 Å². The molecule has 1 aromatic rings. The van der Waals surface area contributed by atoms with E-state index in [1.165, 1.54) is 37.0 Å². The molecule has 1 saturated carbocycles. The number of carbonyl (C=O) groups is 1. The molecule has 2 rings (SSSR count). The second kappa shape index (κ2) is 9.01. The summed E-state index contributed by atoms with van der Waals surface area (Å²) in [7, 11) is 3.51. The predicted molar refractivity (Wildman–Crippen MR) is 99.4 cm³/mol. The Bertz CT molecular complexity index is 576. The Balaban J connectivity index is 1.99. The molecule has 1 heterocycles. The van der Waals surface area contributed by atoms with E-state index in [0.29, 0.717) is 12.6 Å². The number of guanidine groups is 1. The molecular weight excluding hydrogens is 322 g/mol. The van der Waals surface area contributed by atoms with Gasteiger partial charge in [0.15, 0.2) is 5.96 Å². The number of nitrogens with one attached hydrogen (secondary N) is 2. The lowest BCUT2D eigenvalue weighted by Gasteiger charge is -2.25. The van der Waals surface area contributed by atoms with Crippen LogP contribution in [0.15, 0.2) is 4.99 Å². The van der Waals surface area contributed by atoms with Crippen molar-refractivity contribution in [3.8, 4) is 0 Å². The van der Waals surface area contributed by atoms with Crippen LogP contribution in [0.2, 0.25) is 0 Å². The second-order valence-corrected chi connectivity index (χ2v) is 7.82. The van der Waals surface area contributed by atoms with Crippen LogP contribution in [-0.4, -0.2) is 48.4 Å². The minimum Gasteiger partial charge on any atom is -0.354 e. The number of aliphatic imine (C=N–C) groups is 1. The highest BCUT2D eigenvalue weighted by Gasteiger charge is 2.15. The second-order valence-electron chi connectivity index (χ2n) is 6.53. The first-order valence-corrected chi connectivity index (χ1v) is 9.45. The molecular formula is C17H29N5OS. The molecule has 24 heavy (non-hydrogen) atoms. The highest BCUT2D eigenvalue weighted by molar-refractivity contribution is 7.11. The van der Waals surface area contributed by atoms with Crippen molar-refractivity contribution in [3.05, 3.63) is 15.6 Å². The summed E-state index contributed by atoms with van der Waals surface area (Å²) in [4.78, 5) is 23.5. The van der Waals surface area contributed by atoms with E-state index in [0.717, 1.165) is 16.7 Å². The van der Waals surface area contributed by atoms with E-state index in [4.69, 9.17) is 0 Å². The fourth-order valence-electron chi connectivity index (χ4n) is 2.78. The van der Waals surface area contributed by atoms with E-state index in [1.807, 2.05) is 13.8 Å². The SMILES string of the molecule is Cc1nc(C)c(CNC(=NCC(=O)N(C)C)NC2CCCCC2)s1. The summed E-state index contributed by atoms with van der Waals surface area (Å²) in [5, 5.41) is 7.94. The number of rotatable bonds is 5. The molecule has 1 fully saturated rings. The molecule has 0 bridgehead atoms. The summed E-state index contributed by atoms with van der Waals surface area (Å²) in [6.45, 7) is 4.90. The van der Waals surface area contributed by atoms with Crippen LogP contribution in [0.5, 0.6) is 0 Å². The fraction of sp³-hybridized carbons (Fsp3) is 0.706. The molecule has 2 N–H and O–H groups in total. The third kappa shape index (κ3) is 5.78. The number of hydrogen-bond donors (Lipinski definition) is 2. The monoisotopic (exact) mass is 351 g/mol. The topological polar surface area (TPSA) is 69.6 Å². The smallest absolute Gasteiger partial charge is 0.243 e. The van der Waals surface area contributed by atoms with Gasteiger partial charge in [0.05, 0.1) is 17.2 Å². The summed E-state index contributed by atoms with van der Waals surface area (Å²) in [6, 6.07) is 0.448. The average molecular weight is 352 g/mol. The Labute approximate surface area is 148 Å². The van der Waals surface area contributed by atoms with Crippen LogP contribution in [0.4, 0.5) is 0 Å². The van der Waals surface area contributed by atoms with Crippen LogP contribution in [-0.2, 0) is 11.3 Å². The van der Waals surface area contributed by atoms with Gasteiger partial charge in [-0.1, -0.05) is 19.3 Å². The molecule has 1 aromatic heterocycles. The van der Waals surface area contributed by atoms with Crippen LogP contribution in [0, 0.1) is 13.8 Å². The van der Waals surface area contributed by atoms with Crippen molar-refractivity contribution >= 4 is 23.2 Å². The number of aromatic nitrogens is 1. The Morgan fingerprint density at radius 2 is 2.00 bits per heavy atom. The molecule has 6 nitrogen and oxygen atoms in total. The van der Waals surface area contributed by atoms with Crippen molar-refractivity contribution in [3.63, 3.8) is 0 Å². The maximum Gasteiger partial charge on any atom is 0.243 e. The number of nitrogens with zero attached hydrogens (tertiary/aromatic N) is 3. The lowest BCUT2D eigenvalue weighted by molar-refractivity contribution is -0.127. The van der Waals surface area contributed by atoms with Crippen LogP contribution >= 0.6 is 11.3 Å². The molecule has 7 heteroatoms. The Morgan fingerprint density at radius 3 is 2.58 bits per heavy atom. The van der Waals surface area contributed by atoms with Crippen LogP contribution in [0.25, 0.3) is 0 Å². The number of carbonyl (C=O) groups excluding carboxylic acids is 1. The van der Waals surface area contributed by atoms with Crippen LogP contribution in [0.3, 0.4) is 0 Å². The summed E-state index contributed by atoms with van der Waals surface area (Å²) in [6.07, 6.45) is 6.17. The van der Waals surface area contributed by atoms with Gasteiger partial charge in [-0.15, -0.1) is 11.3 Å². The zero-order chi connectivity index (χ0) is 17.5. The highest BCUT2D eigenvalue weighted by atomic mass is 32.1. The largest absolute Gasteiger partial charge is 0.354 e. The van der Waals surface area contributed by atoms with Gasteiger partial charge in [0, 0.05) is 25.0 Å². The molecule has 0 aliphatic heterocycles. The van der Waals surface area contributed by atoms with Crippen LogP contribution in [0.1, 0.15) is 47.7 Å². The summed E-state index contributed by atoms with van der Waals surface area (Å²) < 4.78 is 0. The van der Waals surface area contributed by atoms with Gasteiger partial charge in [-0.05, 0) is 26.7 Å². The number of hydrogen-bond acceptors (Lipinski definition) is 4. The van der Waals surface area contributed by atoms with Crippen molar-refractivity contribution < 1.29 is 4.79 Å². The van der Waals surface area contributed by atoms with Gasteiger partial charge in [0.25, 0.3) is 0 Å². The molecule has 0 unspecified atom stereocenters. The number of thiazole rings is 1. The fourth-order valence-corrected chi connectivity index (χ4v) is 3.66. The van der Waals surface area contributed by atoms with Gasteiger partial charge in [-0.2, -0.15) is 0 Å². The number of aryl methyl sites for hydroxylation is 2. The predicted octanol–water partition coefficient (Wildman–Crippen LogP) is 2.22. The molecule has 1 amide bonds. The molecule has 0 saturated heterocycles. The summed E-state index contributed by atoms with van der Waals surface area (Å²) in [5.41, 5.74) is 1.06. The number of likely N-dealkylation sites (N-methyl/N-ethyl adjacent to an activating group) is 1. The third-order valence-electron chi connectivity index (χ3n) is 4.23. The van der Waals surface area contributed by atoms with Crippen molar-refractivity contribution in [2.75, 3.05) is 20.6 Å². The summed E-state index contributed by atoms with van der Waals surface area (Å²) in [5.74, 6) is 0.729. The molecule has 0 radical (unpaired) electrons. The maximum absolute atomic E-state index is 11.8. The zero-order valence-corrected chi connectivity index (χ0v) is 16.0. The Kier molecular flexibility index (Phi) is 7.02. The van der Waals surface area contributed by atoms with E-state index in [9.17, 15) is 4.79 Å². The lowest BCUT2D eigenvalue weighted by Crippen LogP contribution is -2.44. The first kappa shape index (κ1) is 18.7. The standard InChI is InChI=1S/C17H29N5OS/c1-12-15(24-13(2)20-12)10-18-17(19-11-16(23)22(3)4)21-14-8-6-5-7-9-14/h14H,5-11H2,1-4H3,(H2,18,19,21). The normalized spacial score (nSPS) is 16.1. The minimum absolute atomic E-state index is 0.00422. The maximum atomic E-state index is 11.8. The Morgan fingerprint density at radius 1 is 1.29 bits per heavy atom. The van der Waals surface area contributed by atoms with E-state index >= 15 is 0 Å². The van der Waals surface area contributed by atoms with E-state index in [1.54, 1.807) is 30.3 Å². The Hall–Kier alpha value is -1.63. The van der Waals surface area contributed by atoms with Gasteiger partial charge < -0.3 is 15.5 Å². The van der Waals surface area contributed by atoms with E-state index in [-0.39, 0.29) is 12.5 Å². The van der Waals surface area contributed by atoms with Crippen molar-refractivity contribution in [1.29, 1.82) is 0 Å². The van der Waals surface area contributed by atoms with Crippen molar-refractivity contribution in [2.24, 2.45) is 4.99 Å². The molecule has 0 spiro atoms. The zero-order valence-electron chi connectivity index (χ0n) is 15.2. The van der Waals surface area contributed by atoms with Gasteiger partial charge >= 0.3 is 0 Å². The van der Waals surface area contributed by atoms with E-state index < -0.39 is 0 Å². The molecule has 0 atom stereocenters. The quantitative estimate of drug-likeness (QED) is 0.630.